The van der Waals surface area contributed by atoms with Gasteiger partial charge < -0.3 is 15.0 Å². The van der Waals surface area contributed by atoms with Crippen LogP contribution >= 0.6 is 15.9 Å². The fraction of sp³-hybridized carbons (Fsp3) is 0.278. The first-order chi connectivity index (χ1) is 11.0. The van der Waals surface area contributed by atoms with Crippen LogP contribution in [0, 0.1) is 0 Å². The van der Waals surface area contributed by atoms with Crippen LogP contribution in [-0.4, -0.2) is 38.6 Å². The maximum absolute atomic E-state index is 12.3. The fourth-order valence-corrected chi connectivity index (χ4v) is 2.67. The average Bonchev–Trinajstić information content (AvgIpc) is 2.55. The molecule has 0 bridgehead atoms. The van der Waals surface area contributed by atoms with Crippen LogP contribution in [0.25, 0.3) is 0 Å². The van der Waals surface area contributed by atoms with Crippen molar-refractivity contribution in [1.82, 2.24) is 10.2 Å². The normalized spacial score (nSPS) is 12.0. The Morgan fingerprint density at radius 1 is 1.17 bits per heavy atom. The zero-order valence-electron chi connectivity index (χ0n) is 13.5. The van der Waals surface area contributed by atoms with Crippen LogP contribution in [0.3, 0.4) is 0 Å². The highest BCUT2D eigenvalue weighted by molar-refractivity contribution is 9.10. The van der Waals surface area contributed by atoms with E-state index in [1.165, 1.54) is 0 Å². The minimum atomic E-state index is -0.0840. The van der Waals surface area contributed by atoms with Crippen LogP contribution < -0.4 is 10.1 Å². The van der Waals surface area contributed by atoms with Gasteiger partial charge in [-0.3, -0.25) is 4.79 Å². The minimum Gasteiger partial charge on any atom is -0.496 e. The molecule has 0 aliphatic heterocycles. The van der Waals surface area contributed by atoms with Gasteiger partial charge in [0.2, 0.25) is 0 Å². The highest BCUT2D eigenvalue weighted by atomic mass is 79.9. The number of nitrogens with zero attached hydrogens (tertiary/aromatic N) is 1. The summed E-state index contributed by atoms with van der Waals surface area (Å²) in [5, 5.41) is 3.00. The summed E-state index contributed by atoms with van der Waals surface area (Å²) in [6.45, 7) is 0.502. The van der Waals surface area contributed by atoms with Gasteiger partial charge in [-0.25, -0.2) is 0 Å². The molecule has 1 amide bonds. The molecule has 0 radical (unpaired) electrons. The van der Waals surface area contributed by atoms with Gasteiger partial charge in [-0.2, -0.15) is 0 Å². The summed E-state index contributed by atoms with van der Waals surface area (Å²) in [6, 6.07) is 15.2. The number of amides is 1. The molecule has 0 spiro atoms. The lowest BCUT2D eigenvalue weighted by Crippen LogP contribution is -2.34. The second kappa shape index (κ2) is 8.13. The third-order valence-electron chi connectivity index (χ3n) is 3.68. The van der Waals surface area contributed by atoms with Crippen LogP contribution in [0.2, 0.25) is 0 Å². The molecular formula is C18H21BrN2O2. The Morgan fingerprint density at radius 3 is 2.43 bits per heavy atom. The van der Waals surface area contributed by atoms with Gasteiger partial charge in [0.15, 0.2) is 0 Å². The molecule has 1 N–H and O–H groups in total. The molecule has 5 heteroatoms. The summed E-state index contributed by atoms with van der Waals surface area (Å²) in [5.74, 6) is 0.739. The molecule has 0 saturated heterocycles. The smallest absolute Gasteiger partial charge is 0.251 e. The number of hydrogen-bond acceptors (Lipinski definition) is 3. The fourth-order valence-electron chi connectivity index (χ4n) is 2.41. The van der Waals surface area contributed by atoms with E-state index in [1.54, 1.807) is 19.2 Å². The zero-order chi connectivity index (χ0) is 16.8. The van der Waals surface area contributed by atoms with E-state index >= 15 is 0 Å². The standard InChI is InChI=1S/C18H21BrN2O2/c1-21(2)16(15-6-4-5-7-17(15)23-3)12-20-18(22)13-8-10-14(19)11-9-13/h4-11,16H,12H2,1-3H3,(H,20,22). The van der Waals surface area contributed by atoms with E-state index in [-0.39, 0.29) is 11.9 Å². The Kier molecular flexibility index (Phi) is 6.19. The summed E-state index contributed by atoms with van der Waals surface area (Å²) >= 11 is 3.37. The quantitative estimate of drug-likeness (QED) is 0.838. The molecule has 0 aliphatic rings. The van der Waals surface area contributed by atoms with E-state index in [2.05, 4.69) is 26.1 Å². The summed E-state index contributed by atoms with van der Waals surface area (Å²) in [4.78, 5) is 14.4. The first-order valence-corrected chi connectivity index (χ1v) is 8.15. The monoisotopic (exact) mass is 376 g/mol. The summed E-state index contributed by atoms with van der Waals surface area (Å²) in [5.41, 5.74) is 1.70. The van der Waals surface area contributed by atoms with E-state index in [9.17, 15) is 4.79 Å². The molecule has 2 aromatic carbocycles. The number of nitrogens with one attached hydrogen (secondary N) is 1. The van der Waals surface area contributed by atoms with Crippen molar-refractivity contribution in [3.8, 4) is 5.75 Å². The van der Waals surface area contributed by atoms with E-state index in [0.717, 1.165) is 15.8 Å². The van der Waals surface area contributed by atoms with Crippen molar-refractivity contribution < 1.29 is 9.53 Å². The molecule has 0 heterocycles. The molecule has 23 heavy (non-hydrogen) atoms. The lowest BCUT2D eigenvalue weighted by molar-refractivity contribution is 0.0941. The van der Waals surface area contributed by atoms with E-state index < -0.39 is 0 Å². The molecule has 2 aromatic rings. The number of carbonyl (C=O) groups is 1. The lowest BCUT2D eigenvalue weighted by atomic mass is 10.0. The van der Waals surface area contributed by atoms with Crippen LogP contribution in [0.15, 0.2) is 53.0 Å². The van der Waals surface area contributed by atoms with Gasteiger partial charge in [0.1, 0.15) is 5.75 Å². The van der Waals surface area contributed by atoms with Crippen LogP contribution in [-0.2, 0) is 0 Å². The molecule has 2 rings (SSSR count). The van der Waals surface area contributed by atoms with Gasteiger partial charge in [-0.15, -0.1) is 0 Å². The molecule has 0 saturated carbocycles. The molecule has 0 fully saturated rings. The van der Waals surface area contributed by atoms with Crippen molar-refractivity contribution in [1.29, 1.82) is 0 Å². The number of carbonyl (C=O) groups excluding carboxylic acids is 1. The molecule has 0 aromatic heterocycles. The molecule has 4 nitrogen and oxygen atoms in total. The largest absolute Gasteiger partial charge is 0.496 e. The van der Waals surface area contributed by atoms with Gasteiger partial charge in [0, 0.05) is 22.1 Å². The third-order valence-corrected chi connectivity index (χ3v) is 4.21. The third kappa shape index (κ3) is 4.56. The Morgan fingerprint density at radius 2 is 1.83 bits per heavy atom. The minimum absolute atomic E-state index is 0.0329. The van der Waals surface area contributed by atoms with E-state index in [0.29, 0.717) is 12.1 Å². The Labute approximate surface area is 145 Å². The van der Waals surface area contributed by atoms with E-state index in [4.69, 9.17) is 4.74 Å². The second-order valence-corrected chi connectivity index (χ2v) is 6.35. The second-order valence-electron chi connectivity index (χ2n) is 5.44. The molecule has 122 valence electrons. The number of ether oxygens (including phenoxy) is 1. The van der Waals surface area contributed by atoms with Gasteiger partial charge in [0.25, 0.3) is 5.91 Å². The molecule has 0 aliphatic carbocycles. The van der Waals surface area contributed by atoms with Crippen LogP contribution in [0.4, 0.5) is 0 Å². The molecule has 1 atom stereocenters. The average molecular weight is 377 g/mol. The predicted molar refractivity (Wildman–Crippen MR) is 95.9 cm³/mol. The summed E-state index contributed by atoms with van der Waals surface area (Å²) < 4.78 is 6.39. The number of benzene rings is 2. The maximum Gasteiger partial charge on any atom is 0.251 e. The van der Waals surface area contributed by atoms with Crippen LogP contribution in [0.1, 0.15) is 22.0 Å². The van der Waals surface area contributed by atoms with Crippen LogP contribution in [0.5, 0.6) is 5.75 Å². The first kappa shape index (κ1) is 17.5. The Balaban J connectivity index is 2.11. The number of hydrogen-bond donors (Lipinski definition) is 1. The first-order valence-electron chi connectivity index (χ1n) is 7.36. The Hall–Kier alpha value is -1.85. The van der Waals surface area contributed by atoms with Crippen molar-refractivity contribution >= 4 is 21.8 Å². The highest BCUT2D eigenvalue weighted by Crippen LogP contribution is 2.27. The predicted octanol–water partition coefficient (Wildman–Crippen LogP) is 3.49. The van der Waals surface area contributed by atoms with Crippen molar-refractivity contribution in [3.05, 3.63) is 64.1 Å². The van der Waals surface area contributed by atoms with Gasteiger partial charge >= 0.3 is 0 Å². The SMILES string of the molecule is COc1ccccc1C(CNC(=O)c1ccc(Br)cc1)N(C)C. The number of methoxy groups -OCH3 is 1. The summed E-state index contributed by atoms with van der Waals surface area (Å²) in [6.07, 6.45) is 0. The van der Waals surface area contributed by atoms with Crippen molar-refractivity contribution in [2.45, 2.75) is 6.04 Å². The van der Waals surface area contributed by atoms with Gasteiger partial charge in [-0.1, -0.05) is 34.1 Å². The number of likely N-dealkylation sites (N-methyl/N-ethyl adjacent to an activating group) is 1. The maximum atomic E-state index is 12.3. The Bertz CT molecular complexity index is 656. The van der Waals surface area contributed by atoms with Crippen molar-refractivity contribution in [3.63, 3.8) is 0 Å². The van der Waals surface area contributed by atoms with Gasteiger partial charge in [0.05, 0.1) is 13.2 Å². The van der Waals surface area contributed by atoms with Crippen molar-refractivity contribution in [2.24, 2.45) is 0 Å². The van der Waals surface area contributed by atoms with E-state index in [1.807, 2.05) is 50.5 Å². The zero-order valence-corrected chi connectivity index (χ0v) is 15.1. The van der Waals surface area contributed by atoms with Gasteiger partial charge in [-0.05, 0) is 44.4 Å². The number of rotatable bonds is 6. The molecule has 1 unspecified atom stereocenters. The van der Waals surface area contributed by atoms with Crippen molar-refractivity contribution in [2.75, 3.05) is 27.7 Å². The summed E-state index contributed by atoms with van der Waals surface area (Å²) in [7, 11) is 5.64. The lowest BCUT2D eigenvalue weighted by Gasteiger charge is -2.26. The number of para-hydroxylation sites is 1. The highest BCUT2D eigenvalue weighted by Gasteiger charge is 2.19. The molecular weight excluding hydrogens is 356 g/mol. The topological polar surface area (TPSA) is 41.6 Å². The number of halogens is 1.